The predicted molar refractivity (Wildman–Crippen MR) is 114 cm³/mol. The lowest BCUT2D eigenvalue weighted by Crippen LogP contribution is -2.43. The van der Waals surface area contributed by atoms with Gasteiger partial charge in [-0.05, 0) is 49.2 Å². The van der Waals surface area contributed by atoms with E-state index in [0.29, 0.717) is 17.7 Å². The van der Waals surface area contributed by atoms with Gasteiger partial charge in [-0.1, -0.05) is 37.1 Å². The maximum Gasteiger partial charge on any atom is 0.261 e. The number of methoxy groups -OCH3 is 1. The number of nitrogens with zero attached hydrogens (tertiary/aromatic N) is 2. The molecule has 4 rings (SSSR count). The number of β-amino-alcohol motifs (C(OH)–C–C–N with tert-alkyl or cyclic N) is 1. The first-order valence-corrected chi connectivity index (χ1v) is 10.6. The summed E-state index contributed by atoms with van der Waals surface area (Å²) < 4.78 is 5.27. The zero-order chi connectivity index (χ0) is 21.1. The lowest BCUT2D eigenvalue weighted by atomic mass is 10.0. The van der Waals surface area contributed by atoms with Crippen LogP contribution in [0.2, 0.25) is 0 Å². The molecule has 0 bridgehead atoms. The third-order valence-corrected chi connectivity index (χ3v) is 6.08. The molecule has 1 N–H and O–H groups in total. The number of amides is 2. The number of carbonyl (C=O) groups is 2. The van der Waals surface area contributed by atoms with E-state index in [4.69, 9.17) is 4.74 Å². The second-order valence-electron chi connectivity index (χ2n) is 8.05. The van der Waals surface area contributed by atoms with Crippen LogP contribution in [0, 0.1) is 0 Å². The molecule has 0 unspecified atom stereocenters. The average molecular weight is 408 g/mol. The standard InChI is InChI=1S/C24H28N2O4/c1-30-19-12-10-17(11-13-19)22-9-3-2-6-14-25(22)15-18(27)16-26-23(28)20-7-4-5-8-21(20)24(26)29/h4-5,7-8,10-13,18,22,27H,2-3,6,9,14-16H2,1H3/t18-,22+/m0/s1. The van der Waals surface area contributed by atoms with Gasteiger partial charge in [-0.2, -0.15) is 0 Å². The van der Waals surface area contributed by atoms with Gasteiger partial charge in [0.05, 0.1) is 30.9 Å². The van der Waals surface area contributed by atoms with Gasteiger partial charge < -0.3 is 9.84 Å². The Bertz CT molecular complexity index is 877. The lowest BCUT2D eigenvalue weighted by molar-refractivity contribution is 0.0424. The molecule has 30 heavy (non-hydrogen) atoms. The maximum atomic E-state index is 12.6. The van der Waals surface area contributed by atoms with Crippen LogP contribution in [0.4, 0.5) is 0 Å². The van der Waals surface area contributed by atoms with Crippen molar-refractivity contribution in [2.24, 2.45) is 0 Å². The number of carbonyl (C=O) groups excluding carboxylic acids is 2. The van der Waals surface area contributed by atoms with Gasteiger partial charge in [0.15, 0.2) is 0 Å². The van der Waals surface area contributed by atoms with E-state index in [-0.39, 0.29) is 24.4 Å². The number of rotatable bonds is 6. The minimum atomic E-state index is -0.800. The van der Waals surface area contributed by atoms with Crippen LogP contribution in [-0.2, 0) is 0 Å². The molecule has 2 aromatic rings. The number of hydrogen-bond acceptors (Lipinski definition) is 5. The van der Waals surface area contributed by atoms with Crippen molar-refractivity contribution in [3.63, 3.8) is 0 Å². The molecule has 0 aromatic heterocycles. The van der Waals surface area contributed by atoms with Crippen LogP contribution >= 0.6 is 0 Å². The molecular formula is C24H28N2O4. The van der Waals surface area contributed by atoms with Crippen LogP contribution < -0.4 is 4.74 Å². The average Bonchev–Trinajstić information content (AvgIpc) is 2.92. The van der Waals surface area contributed by atoms with Crippen molar-refractivity contribution in [2.45, 2.75) is 37.8 Å². The van der Waals surface area contributed by atoms with E-state index in [1.807, 2.05) is 12.1 Å². The number of aliphatic hydroxyl groups is 1. The Kier molecular flexibility index (Phi) is 6.16. The van der Waals surface area contributed by atoms with Gasteiger partial charge in [0.2, 0.25) is 0 Å². The molecule has 0 radical (unpaired) electrons. The second-order valence-corrected chi connectivity index (χ2v) is 8.05. The Morgan fingerprint density at radius 3 is 2.27 bits per heavy atom. The van der Waals surface area contributed by atoms with Crippen LogP contribution in [0.5, 0.6) is 5.75 Å². The molecule has 1 fully saturated rings. The summed E-state index contributed by atoms with van der Waals surface area (Å²) in [5, 5.41) is 10.8. The summed E-state index contributed by atoms with van der Waals surface area (Å²) >= 11 is 0. The number of ether oxygens (including phenoxy) is 1. The number of hydrogen-bond donors (Lipinski definition) is 1. The molecule has 0 spiro atoms. The number of likely N-dealkylation sites (tertiary alicyclic amines) is 1. The van der Waals surface area contributed by atoms with E-state index < -0.39 is 6.10 Å². The van der Waals surface area contributed by atoms with Crippen molar-refractivity contribution in [3.05, 3.63) is 65.2 Å². The van der Waals surface area contributed by atoms with Crippen molar-refractivity contribution in [3.8, 4) is 5.75 Å². The Morgan fingerprint density at radius 2 is 1.63 bits per heavy atom. The monoisotopic (exact) mass is 408 g/mol. The summed E-state index contributed by atoms with van der Waals surface area (Å²) in [6.45, 7) is 1.32. The van der Waals surface area contributed by atoms with Crippen molar-refractivity contribution in [1.82, 2.24) is 9.80 Å². The SMILES string of the molecule is COc1ccc([C@H]2CCCCCN2C[C@H](O)CN2C(=O)c3ccccc3C2=O)cc1. The highest BCUT2D eigenvalue weighted by Crippen LogP contribution is 2.31. The highest BCUT2D eigenvalue weighted by Gasteiger charge is 2.36. The summed E-state index contributed by atoms with van der Waals surface area (Å²) in [6.07, 6.45) is 3.60. The van der Waals surface area contributed by atoms with Gasteiger partial charge in [-0.15, -0.1) is 0 Å². The zero-order valence-corrected chi connectivity index (χ0v) is 17.3. The molecule has 2 aliphatic heterocycles. The summed E-state index contributed by atoms with van der Waals surface area (Å²) in [6, 6.07) is 15.1. The Balaban J connectivity index is 1.46. The highest BCUT2D eigenvalue weighted by molar-refractivity contribution is 6.21. The van der Waals surface area contributed by atoms with Crippen LogP contribution in [0.15, 0.2) is 48.5 Å². The van der Waals surface area contributed by atoms with Gasteiger partial charge in [0.1, 0.15) is 5.75 Å². The smallest absolute Gasteiger partial charge is 0.261 e. The first kappa shape index (κ1) is 20.6. The van der Waals surface area contributed by atoms with Crippen molar-refractivity contribution in [2.75, 3.05) is 26.7 Å². The second kappa shape index (κ2) is 8.98. The predicted octanol–water partition coefficient (Wildman–Crippen LogP) is 3.27. The fourth-order valence-corrected chi connectivity index (χ4v) is 4.53. The summed E-state index contributed by atoms with van der Waals surface area (Å²) in [4.78, 5) is 28.7. The molecular weight excluding hydrogens is 380 g/mol. The number of benzene rings is 2. The van der Waals surface area contributed by atoms with Crippen LogP contribution in [0.1, 0.15) is 58.0 Å². The van der Waals surface area contributed by atoms with Gasteiger partial charge in [0.25, 0.3) is 11.8 Å². The lowest BCUT2D eigenvalue weighted by Gasteiger charge is -2.33. The number of aliphatic hydroxyl groups excluding tert-OH is 1. The molecule has 0 aliphatic carbocycles. The highest BCUT2D eigenvalue weighted by atomic mass is 16.5. The van der Waals surface area contributed by atoms with Crippen LogP contribution in [0.25, 0.3) is 0 Å². The largest absolute Gasteiger partial charge is 0.497 e. The minimum absolute atomic E-state index is 0.0121. The first-order chi connectivity index (χ1) is 14.6. The number of fused-ring (bicyclic) bond motifs is 1. The first-order valence-electron chi connectivity index (χ1n) is 10.6. The molecule has 6 nitrogen and oxygen atoms in total. The van der Waals surface area contributed by atoms with Gasteiger partial charge in [-0.3, -0.25) is 19.4 Å². The van der Waals surface area contributed by atoms with Crippen LogP contribution in [0.3, 0.4) is 0 Å². The van der Waals surface area contributed by atoms with Gasteiger partial charge in [0, 0.05) is 12.6 Å². The molecule has 2 aromatic carbocycles. The normalized spacial score (nSPS) is 20.7. The van der Waals surface area contributed by atoms with E-state index in [1.54, 1.807) is 31.4 Å². The molecule has 0 saturated carbocycles. The Labute approximate surface area is 177 Å². The Morgan fingerprint density at radius 1 is 0.967 bits per heavy atom. The Hall–Kier alpha value is -2.70. The van der Waals surface area contributed by atoms with E-state index in [0.717, 1.165) is 38.0 Å². The topological polar surface area (TPSA) is 70.1 Å². The fourth-order valence-electron chi connectivity index (χ4n) is 4.53. The minimum Gasteiger partial charge on any atom is -0.497 e. The van der Waals surface area contributed by atoms with Crippen molar-refractivity contribution >= 4 is 11.8 Å². The van der Waals surface area contributed by atoms with Gasteiger partial charge >= 0.3 is 0 Å². The molecule has 2 aliphatic rings. The molecule has 158 valence electrons. The molecule has 6 heteroatoms. The zero-order valence-electron chi connectivity index (χ0n) is 17.3. The number of imide groups is 1. The van der Waals surface area contributed by atoms with Crippen molar-refractivity contribution < 1.29 is 19.4 Å². The third-order valence-electron chi connectivity index (χ3n) is 6.08. The molecule has 2 heterocycles. The molecule has 2 atom stereocenters. The maximum absolute atomic E-state index is 12.6. The summed E-state index contributed by atoms with van der Waals surface area (Å²) in [5.41, 5.74) is 2.03. The van der Waals surface area contributed by atoms with Gasteiger partial charge in [-0.25, -0.2) is 0 Å². The fraction of sp³-hybridized carbons (Fsp3) is 0.417. The summed E-state index contributed by atoms with van der Waals surface area (Å²) in [7, 11) is 1.66. The third kappa shape index (κ3) is 4.11. The van der Waals surface area contributed by atoms with E-state index >= 15 is 0 Å². The van der Waals surface area contributed by atoms with E-state index in [1.165, 1.54) is 10.5 Å². The van der Waals surface area contributed by atoms with E-state index in [9.17, 15) is 14.7 Å². The van der Waals surface area contributed by atoms with Crippen LogP contribution in [-0.4, -0.2) is 59.6 Å². The summed E-state index contributed by atoms with van der Waals surface area (Å²) in [5.74, 6) is 0.180. The van der Waals surface area contributed by atoms with E-state index in [2.05, 4.69) is 17.0 Å². The molecule has 1 saturated heterocycles. The quantitative estimate of drug-likeness (QED) is 0.743. The molecule has 2 amide bonds. The van der Waals surface area contributed by atoms with Crippen molar-refractivity contribution in [1.29, 1.82) is 0 Å².